The van der Waals surface area contributed by atoms with Gasteiger partial charge in [0.05, 0.1) is 16.9 Å². The molecule has 0 bridgehead atoms. The van der Waals surface area contributed by atoms with Gasteiger partial charge in [-0.25, -0.2) is 4.68 Å². The molecule has 156 valence electrons. The molecule has 7 heteroatoms. The average molecular weight is 399 g/mol. The molecule has 0 spiro atoms. The van der Waals surface area contributed by atoms with Crippen LogP contribution < -0.4 is 5.32 Å². The summed E-state index contributed by atoms with van der Waals surface area (Å²) in [7, 11) is 1.55. The Hall–Kier alpha value is -2.67. The van der Waals surface area contributed by atoms with E-state index in [1.54, 1.807) is 31.8 Å². The maximum absolute atomic E-state index is 12.9. The third kappa shape index (κ3) is 4.50. The minimum atomic E-state index is -0.867. The van der Waals surface area contributed by atoms with Crippen molar-refractivity contribution in [2.75, 3.05) is 26.7 Å². The van der Waals surface area contributed by atoms with Gasteiger partial charge in [0.25, 0.3) is 11.8 Å². The summed E-state index contributed by atoms with van der Waals surface area (Å²) < 4.78 is 7.12. The van der Waals surface area contributed by atoms with Gasteiger partial charge < -0.3 is 15.0 Å². The lowest BCUT2D eigenvalue weighted by Gasteiger charge is -2.36. The summed E-state index contributed by atoms with van der Waals surface area (Å²) in [6.07, 6.45) is 3.54. The second kappa shape index (κ2) is 8.78. The zero-order valence-electron chi connectivity index (χ0n) is 17.6. The normalized spacial score (nSPS) is 17.2. The van der Waals surface area contributed by atoms with Gasteiger partial charge in [0.15, 0.2) is 0 Å². The lowest BCUT2D eigenvalue weighted by atomic mass is 9.91. The Morgan fingerprint density at radius 1 is 1.28 bits per heavy atom. The summed E-state index contributed by atoms with van der Waals surface area (Å²) in [6, 6.07) is 9.74. The lowest BCUT2D eigenvalue weighted by Crippen LogP contribution is -2.49. The predicted octanol–water partition coefficient (Wildman–Crippen LogP) is 2.75. The third-order valence-electron chi connectivity index (χ3n) is 5.47. The maximum Gasteiger partial charge on any atom is 0.254 e. The van der Waals surface area contributed by atoms with Crippen LogP contribution in [0.5, 0.6) is 0 Å². The van der Waals surface area contributed by atoms with Crippen molar-refractivity contribution < 1.29 is 14.3 Å². The Morgan fingerprint density at radius 2 is 2.00 bits per heavy atom. The van der Waals surface area contributed by atoms with Gasteiger partial charge in [-0.1, -0.05) is 18.2 Å². The quantitative estimate of drug-likeness (QED) is 0.812. The van der Waals surface area contributed by atoms with Crippen LogP contribution in [0.15, 0.2) is 36.5 Å². The van der Waals surface area contributed by atoms with Crippen LogP contribution in [0.3, 0.4) is 0 Å². The highest BCUT2D eigenvalue weighted by Crippen LogP contribution is 2.30. The van der Waals surface area contributed by atoms with Gasteiger partial charge >= 0.3 is 0 Å². The summed E-state index contributed by atoms with van der Waals surface area (Å²) in [5.41, 5.74) is 1.34. The average Bonchev–Trinajstić information content (AvgIpc) is 3.20. The van der Waals surface area contributed by atoms with Crippen molar-refractivity contribution in [2.24, 2.45) is 0 Å². The van der Waals surface area contributed by atoms with Crippen molar-refractivity contribution in [1.29, 1.82) is 0 Å². The van der Waals surface area contributed by atoms with Gasteiger partial charge in [0.2, 0.25) is 0 Å². The fourth-order valence-corrected chi connectivity index (χ4v) is 3.69. The van der Waals surface area contributed by atoms with E-state index in [2.05, 4.69) is 5.32 Å². The molecule has 1 fully saturated rings. The van der Waals surface area contributed by atoms with Gasteiger partial charge in [-0.05, 0) is 45.7 Å². The second-order valence-electron chi connectivity index (χ2n) is 7.87. The minimum Gasteiger partial charge on any atom is -0.369 e. The van der Waals surface area contributed by atoms with E-state index in [9.17, 15) is 9.59 Å². The standard InChI is InChI=1S/C22H30N4O3/c1-5-23-20(27)18-15-26(17-11-7-6-8-12-17)24-19(18)16-10-9-13-25(14-16)21(28)22(2,3)29-4/h6-8,11-12,15-16H,5,9-10,13-14H2,1-4H3,(H,23,27)/t16-/m0/s1. The topological polar surface area (TPSA) is 76.5 Å². The monoisotopic (exact) mass is 398 g/mol. The van der Waals surface area contributed by atoms with Crippen molar-refractivity contribution >= 4 is 11.8 Å². The first-order valence-electron chi connectivity index (χ1n) is 10.1. The Balaban J connectivity index is 1.92. The number of nitrogens with one attached hydrogen (secondary N) is 1. The summed E-state index contributed by atoms with van der Waals surface area (Å²) >= 11 is 0. The number of ether oxygens (including phenoxy) is 1. The van der Waals surface area contributed by atoms with E-state index >= 15 is 0 Å². The van der Waals surface area contributed by atoms with Crippen LogP contribution >= 0.6 is 0 Å². The largest absolute Gasteiger partial charge is 0.369 e. The number of methoxy groups -OCH3 is 1. The fraction of sp³-hybridized carbons (Fsp3) is 0.500. The number of carbonyl (C=O) groups is 2. The van der Waals surface area contributed by atoms with Gasteiger partial charge in [0.1, 0.15) is 5.60 Å². The maximum atomic E-state index is 12.9. The van der Waals surface area contributed by atoms with Crippen LogP contribution in [0.25, 0.3) is 5.69 Å². The highest BCUT2D eigenvalue weighted by molar-refractivity contribution is 5.95. The van der Waals surface area contributed by atoms with Gasteiger partial charge in [-0.2, -0.15) is 5.10 Å². The van der Waals surface area contributed by atoms with Gasteiger partial charge in [0, 0.05) is 38.9 Å². The molecule has 1 aromatic carbocycles. The molecule has 0 aliphatic carbocycles. The third-order valence-corrected chi connectivity index (χ3v) is 5.47. The van der Waals surface area contributed by atoms with Crippen LogP contribution in [-0.4, -0.2) is 58.8 Å². The number of amides is 2. The number of benzene rings is 1. The molecule has 2 amide bonds. The first-order chi connectivity index (χ1) is 13.9. The van der Waals surface area contributed by atoms with Crippen molar-refractivity contribution in [3.63, 3.8) is 0 Å². The van der Waals surface area contributed by atoms with Crippen LogP contribution in [-0.2, 0) is 9.53 Å². The number of carbonyl (C=O) groups excluding carboxylic acids is 2. The molecule has 1 saturated heterocycles. The molecular weight excluding hydrogens is 368 g/mol. The number of para-hydroxylation sites is 1. The minimum absolute atomic E-state index is 0.00271. The molecule has 29 heavy (non-hydrogen) atoms. The van der Waals surface area contributed by atoms with Crippen molar-refractivity contribution in [1.82, 2.24) is 20.0 Å². The smallest absolute Gasteiger partial charge is 0.254 e. The van der Waals surface area contributed by atoms with Crippen LogP contribution in [0.1, 0.15) is 55.6 Å². The fourth-order valence-electron chi connectivity index (χ4n) is 3.69. The van der Waals surface area contributed by atoms with Crippen molar-refractivity contribution in [2.45, 2.75) is 45.1 Å². The molecule has 1 aromatic heterocycles. The second-order valence-corrected chi connectivity index (χ2v) is 7.87. The SMILES string of the molecule is CCNC(=O)c1cn(-c2ccccc2)nc1[C@H]1CCCN(C(=O)C(C)(C)OC)C1. The van der Waals surface area contributed by atoms with E-state index in [1.165, 1.54) is 0 Å². The van der Waals surface area contributed by atoms with E-state index in [4.69, 9.17) is 9.84 Å². The van der Waals surface area contributed by atoms with Crippen LogP contribution in [0.2, 0.25) is 0 Å². The molecule has 1 atom stereocenters. The molecule has 2 heterocycles. The predicted molar refractivity (Wildman–Crippen MR) is 111 cm³/mol. The molecule has 7 nitrogen and oxygen atoms in total. The van der Waals surface area contributed by atoms with E-state index in [-0.39, 0.29) is 17.7 Å². The molecule has 1 N–H and O–H groups in total. The van der Waals surface area contributed by atoms with Crippen LogP contribution in [0, 0.1) is 0 Å². The van der Waals surface area contributed by atoms with Crippen LogP contribution in [0.4, 0.5) is 0 Å². The molecule has 1 aliphatic heterocycles. The number of aromatic nitrogens is 2. The number of likely N-dealkylation sites (tertiary alicyclic amines) is 1. The molecular formula is C22H30N4O3. The van der Waals surface area contributed by atoms with E-state index < -0.39 is 5.60 Å². The van der Waals surface area contributed by atoms with Crippen molar-refractivity contribution in [3.8, 4) is 5.69 Å². The summed E-state index contributed by atoms with van der Waals surface area (Å²) in [6.45, 7) is 7.23. The van der Waals surface area contributed by atoms with E-state index in [0.29, 0.717) is 25.2 Å². The Morgan fingerprint density at radius 3 is 2.66 bits per heavy atom. The van der Waals surface area contributed by atoms with Crippen molar-refractivity contribution in [3.05, 3.63) is 47.8 Å². The number of piperidine rings is 1. The number of rotatable bonds is 6. The van der Waals surface area contributed by atoms with Gasteiger partial charge in [-0.3, -0.25) is 9.59 Å². The van der Waals surface area contributed by atoms with E-state index in [0.717, 1.165) is 24.2 Å². The molecule has 1 aliphatic rings. The summed E-state index contributed by atoms with van der Waals surface area (Å²) in [5, 5.41) is 7.65. The number of nitrogens with zero attached hydrogens (tertiary/aromatic N) is 3. The lowest BCUT2D eigenvalue weighted by molar-refractivity contribution is -0.152. The zero-order valence-corrected chi connectivity index (χ0v) is 17.6. The first-order valence-corrected chi connectivity index (χ1v) is 10.1. The molecule has 0 saturated carbocycles. The molecule has 2 aromatic rings. The molecule has 3 rings (SSSR count). The number of hydrogen-bond acceptors (Lipinski definition) is 4. The molecule has 0 unspecified atom stereocenters. The highest BCUT2D eigenvalue weighted by atomic mass is 16.5. The Kier molecular flexibility index (Phi) is 6.37. The highest BCUT2D eigenvalue weighted by Gasteiger charge is 2.36. The van der Waals surface area contributed by atoms with E-state index in [1.807, 2.05) is 42.2 Å². The summed E-state index contributed by atoms with van der Waals surface area (Å²) in [4.78, 5) is 27.4. The Bertz CT molecular complexity index is 860. The zero-order chi connectivity index (χ0) is 21.0. The summed E-state index contributed by atoms with van der Waals surface area (Å²) in [5.74, 6) is -0.167. The first kappa shape index (κ1) is 21.0. The molecule has 0 radical (unpaired) electrons. The van der Waals surface area contributed by atoms with Gasteiger partial charge in [-0.15, -0.1) is 0 Å². The number of hydrogen-bond donors (Lipinski definition) is 1. The Labute approximate surface area is 172 Å².